The molecule has 0 bridgehead atoms. The van der Waals surface area contributed by atoms with E-state index in [1.807, 2.05) is 0 Å². The number of amides is 1. The Morgan fingerprint density at radius 3 is 2.47 bits per heavy atom. The summed E-state index contributed by atoms with van der Waals surface area (Å²) in [7, 11) is 0.970. The number of halogens is 5. The lowest BCUT2D eigenvalue weighted by Crippen LogP contribution is -2.41. The molecule has 0 radical (unpaired) electrons. The van der Waals surface area contributed by atoms with E-state index in [1.165, 1.54) is 0 Å². The molecule has 0 saturated heterocycles. The topological polar surface area (TPSA) is 63.2 Å². The van der Waals surface area contributed by atoms with Gasteiger partial charge in [-0.05, 0) is 6.07 Å². The van der Waals surface area contributed by atoms with Crippen molar-refractivity contribution in [1.82, 2.24) is 5.32 Å². The summed E-state index contributed by atoms with van der Waals surface area (Å²) in [5.41, 5.74) is -0.255. The average Bonchev–Trinajstić information content (AvgIpc) is 2.74. The van der Waals surface area contributed by atoms with Gasteiger partial charge < -0.3 is 5.32 Å². The van der Waals surface area contributed by atoms with Gasteiger partial charge in [0.05, 0.1) is 12.1 Å². The maximum atomic E-state index is 12.5. The fourth-order valence-corrected chi connectivity index (χ4v) is 2.89. The van der Waals surface area contributed by atoms with Crippen molar-refractivity contribution in [2.24, 2.45) is 0 Å². The van der Waals surface area contributed by atoms with Crippen LogP contribution in [0.2, 0.25) is 0 Å². The third-order valence-corrected chi connectivity index (χ3v) is 4.92. The lowest BCUT2D eigenvalue weighted by molar-refractivity contribution is -0.123. The van der Waals surface area contributed by atoms with E-state index in [4.69, 9.17) is 10.7 Å². The van der Waals surface area contributed by atoms with Crippen LogP contribution in [0, 0.1) is 0 Å². The molecule has 0 spiro atoms. The van der Waals surface area contributed by atoms with Gasteiger partial charge in [0.2, 0.25) is 0 Å². The van der Waals surface area contributed by atoms with Gasteiger partial charge in [0.25, 0.3) is 15.0 Å². The molecular weight excluding hydrogens is 334 g/mol. The predicted octanol–water partition coefficient (Wildman–Crippen LogP) is 2.31. The standard InChI is InChI=1S/C8H6ClF4NO3S2/c9-19(16,17)5-1-4(2-18-5)6(15)14-3-8(12,13)7(10)11/h1-2,7H,3H2,(H,14,15). The molecule has 0 aliphatic heterocycles. The molecule has 0 unspecified atom stereocenters. The van der Waals surface area contributed by atoms with Gasteiger partial charge in [0.15, 0.2) is 0 Å². The maximum Gasteiger partial charge on any atom is 0.324 e. The quantitative estimate of drug-likeness (QED) is 0.661. The van der Waals surface area contributed by atoms with Gasteiger partial charge in [-0.2, -0.15) is 8.78 Å². The molecule has 0 fully saturated rings. The van der Waals surface area contributed by atoms with Crippen LogP contribution in [0.5, 0.6) is 0 Å². The lowest BCUT2D eigenvalue weighted by Gasteiger charge is -2.15. The largest absolute Gasteiger partial charge is 0.346 e. The highest BCUT2D eigenvalue weighted by atomic mass is 35.7. The molecule has 0 aromatic carbocycles. The molecule has 1 N–H and O–H groups in total. The average molecular weight is 340 g/mol. The SMILES string of the molecule is O=C(NCC(F)(F)C(F)F)c1csc(S(=O)(=O)Cl)c1. The van der Waals surface area contributed by atoms with Crippen LogP contribution in [0.15, 0.2) is 15.7 Å². The van der Waals surface area contributed by atoms with Crippen molar-refractivity contribution in [2.75, 3.05) is 6.54 Å². The molecule has 1 heterocycles. The number of hydrogen-bond acceptors (Lipinski definition) is 4. The Hall–Kier alpha value is -0.870. The Morgan fingerprint density at radius 1 is 1.47 bits per heavy atom. The first kappa shape index (κ1) is 16.2. The van der Waals surface area contributed by atoms with Crippen LogP contribution in [0.1, 0.15) is 10.4 Å². The number of alkyl halides is 4. The van der Waals surface area contributed by atoms with E-state index in [2.05, 4.69) is 0 Å². The molecule has 11 heteroatoms. The Bertz CT molecular complexity index is 572. The molecule has 0 aliphatic carbocycles. The summed E-state index contributed by atoms with van der Waals surface area (Å²) in [5.74, 6) is -5.45. The highest BCUT2D eigenvalue weighted by Gasteiger charge is 2.40. The normalized spacial score (nSPS) is 12.7. The second kappa shape index (κ2) is 5.63. The molecule has 4 nitrogen and oxygen atoms in total. The third-order valence-electron chi connectivity index (χ3n) is 1.88. The number of carbonyl (C=O) groups is 1. The van der Waals surface area contributed by atoms with Crippen molar-refractivity contribution in [2.45, 2.75) is 16.6 Å². The summed E-state index contributed by atoms with van der Waals surface area (Å²) in [6, 6.07) is 0.864. The van der Waals surface area contributed by atoms with Crippen molar-refractivity contribution < 1.29 is 30.8 Å². The first-order chi connectivity index (χ1) is 8.54. The monoisotopic (exact) mass is 339 g/mol. The van der Waals surface area contributed by atoms with Gasteiger partial charge in [-0.15, -0.1) is 11.3 Å². The zero-order chi connectivity index (χ0) is 14.8. The zero-order valence-electron chi connectivity index (χ0n) is 8.87. The van der Waals surface area contributed by atoms with Crippen molar-refractivity contribution in [3.8, 4) is 0 Å². The molecule has 1 amide bonds. The van der Waals surface area contributed by atoms with E-state index in [-0.39, 0.29) is 9.77 Å². The third kappa shape index (κ3) is 4.32. The maximum absolute atomic E-state index is 12.5. The second-order valence-electron chi connectivity index (χ2n) is 3.34. The molecule has 0 atom stereocenters. The van der Waals surface area contributed by atoms with Crippen LogP contribution >= 0.6 is 22.0 Å². The van der Waals surface area contributed by atoms with E-state index < -0.39 is 33.9 Å². The van der Waals surface area contributed by atoms with Gasteiger partial charge in [0.1, 0.15) is 4.21 Å². The van der Waals surface area contributed by atoms with Crippen LogP contribution in [0.25, 0.3) is 0 Å². The Labute approximate surface area is 113 Å². The number of rotatable bonds is 5. The molecular formula is C8H6ClF4NO3S2. The van der Waals surface area contributed by atoms with Crippen molar-refractivity contribution in [3.05, 3.63) is 17.0 Å². The predicted molar refractivity (Wildman–Crippen MR) is 60.6 cm³/mol. The second-order valence-corrected chi connectivity index (χ2v) is 7.04. The fourth-order valence-electron chi connectivity index (χ4n) is 0.941. The number of nitrogens with one attached hydrogen (secondary N) is 1. The minimum Gasteiger partial charge on any atom is -0.346 e. The van der Waals surface area contributed by atoms with Crippen molar-refractivity contribution in [3.63, 3.8) is 0 Å². The molecule has 108 valence electrons. The first-order valence-electron chi connectivity index (χ1n) is 4.51. The first-order valence-corrected chi connectivity index (χ1v) is 7.70. The summed E-state index contributed by atoms with van der Waals surface area (Å²) in [6.07, 6.45) is -3.91. The summed E-state index contributed by atoms with van der Waals surface area (Å²) < 4.78 is 70.2. The van der Waals surface area contributed by atoms with Crippen molar-refractivity contribution in [1.29, 1.82) is 0 Å². The van der Waals surface area contributed by atoms with Crippen LogP contribution in [0.3, 0.4) is 0 Å². The van der Waals surface area contributed by atoms with Gasteiger partial charge in [0, 0.05) is 16.1 Å². The Balaban J connectivity index is 2.73. The minimum absolute atomic E-state index is 0.255. The Kier molecular flexibility index (Phi) is 4.80. The number of hydrogen-bond donors (Lipinski definition) is 1. The van der Waals surface area contributed by atoms with Gasteiger partial charge in [-0.1, -0.05) is 0 Å². The highest BCUT2D eigenvalue weighted by Crippen LogP contribution is 2.24. The number of thiophene rings is 1. The summed E-state index contributed by atoms with van der Waals surface area (Å²) >= 11 is 0.608. The van der Waals surface area contributed by atoms with Crippen molar-refractivity contribution >= 4 is 37.0 Å². The van der Waals surface area contributed by atoms with Crippen LogP contribution in [-0.2, 0) is 9.05 Å². The zero-order valence-corrected chi connectivity index (χ0v) is 11.3. The highest BCUT2D eigenvalue weighted by molar-refractivity contribution is 8.15. The van der Waals surface area contributed by atoms with E-state index in [0.29, 0.717) is 11.3 Å². The molecule has 1 rings (SSSR count). The van der Waals surface area contributed by atoms with E-state index in [1.54, 1.807) is 5.32 Å². The summed E-state index contributed by atoms with van der Waals surface area (Å²) in [5, 5.41) is 2.65. The van der Waals surface area contributed by atoms with Crippen LogP contribution in [0.4, 0.5) is 17.6 Å². The summed E-state index contributed by atoms with van der Waals surface area (Å²) in [6.45, 7) is -1.55. The molecule has 0 aliphatic rings. The van der Waals surface area contributed by atoms with E-state index in [9.17, 15) is 30.8 Å². The minimum atomic E-state index is -4.35. The number of carbonyl (C=O) groups excluding carboxylic acids is 1. The van der Waals surface area contributed by atoms with Crippen LogP contribution < -0.4 is 5.32 Å². The van der Waals surface area contributed by atoms with Crippen LogP contribution in [-0.4, -0.2) is 33.2 Å². The molecule has 19 heavy (non-hydrogen) atoms. The van der Waals surface area contributed by atoms with E-state index >= 15 is 0 Å². The van der Waals surface area contributed by atoms with Gasteiger partial charge >= 0.3 is 12.3 Å². The van der Waals surface area contributed by atoms with Gasteiger partial charge in [-0.25, -0.2) is 17.2 Å². The molecule has 1 aromatic rings. The lowest BCUT2D eigenvalue weighted by atomic mass is 10.3. The van der Waals surface area contributed by atoms with E-state index in [0.717, 1.165) is 11.4 Å². The smallest absolute Gasteiger partial charge is 0.324 e. The van der Waals surface area contributed by atoms with Gasteiger partial charge in [-0.3, -0.25) is 4.79 Å². The Morgan fingerprint density at radius 2 is 2.05 bits per heavy atom. The molecule has 0 saturated carbocycles. The summed E-state index contributed by atoms with van der Waals surface area (Å²) in [4.78, 5) is 11.3. The fraction of sp³-hybridized carbons (Fsp3) is 0.375. The molecule has 1 aromatic heterocycles.